The Morgan fingerprint density at radius 1 is 1.39 bits per heavy atom. The summed E-state index contributed by atoms with van der Waals surface area (Å²) in [5, 5.41) is 0. The van der Waals surface area contributed by atoms with Crippen LogP contribution in [0.1, 0.15) is 17.1 Å². The van der Waals surface area contributed by atoms with Crippen LogP contribution in [0.3, 0.4) is 0 Å². The van der Waals surface area contributed by atoms with Gasteiger partial charge < -0.3 is 5.43 Å². The average Bonchev–Trinajstić information content (AvgIpc) is 2.34. The number of hydrogen-bond donors (Lipinski definition) is 2. The standard InChI is InChI=1S/C12H15N5O/c1-8-5-12(18)17(9(2)15-8)7-10-3-4-11(16-13)14-6-10/h3-6H,7,13H2,1-2H3,(H,14,16). The highest BCUT2D eigenvalue weighted by Crippen LogP contribution is 2.05. The van der Waals surface area contributed by atoms with Crippen molar-refractivity contribution in [2.45, 2.75) is 20.4 Å². The van der Waals surface area contributed by atoms with Crippen molar-refractivity contribution in [3.63, 3.8) is 0 Å². The van der Waals surface area contributed by atoms with Gasteiger partial charge in [-0.05, 0) is 25.5 Å². The summed E-state index contributed by atoms with van der Waals surface area (Å²) in [7, 11) is 0. The summed E-state index contributed by atoms with van der Waals surface area (Å²) in [6.07, 6.45) is 1.68. The highest BCUT2D eigenvalue weighted by atomic mass is 16.1. The van der Waals surface area contributed by atoms with Gasteiger partial charge in [0.15, 0.2) is 0 Å². The fourth-order valence-corrected chi connectivity index (χ4v) is 1.74. The molecule has 0 saturated heterocycles. The third-order valence-corrected chi connectivity index (χ3v) is 2.64. The third-order valence-electron chi connectivity index (χ3n) is 2.64. The number of aromatic nitrogens is 3. The van der Waals surface area contributed by atoms with Crippen LogP contribution in [-0.2, 0) is 6.54 Å². The predicted octanol–water partition coefficient (Wildman–Crippen LogP) is 0.589. The van der Waals surface area contributed by atoms with Gasteiger partial charge in [-0.25, -0.2) is 15.8 Å². The summed E-state index contributed by atoms with van der Waals surface area (Å²) in [4.78, 5) is 20.2. The largest absolute Gasteiger partial charge is 0.308 e. The lowest BCUT2D eigenvalue weighted by atomic mass is 10.2. The zero-order chi connectivity index (χ0) is 13.1. The van der Waals surface area contributed by atoms with Crippen LogP contribution in [0.5, 0.6) is 0 Å². The number of hydrazine groups is 1. The van der Waals surface area contributed by atoms with E-state index in [1.165, 1.54) is 6.07 Å². The molecule has 0 bridgehead atoms. The Hall–Kier alpha value is -2.21. The molecule has 0 saturated carbocycles. The molecule has 0 atom stereocenters. The van der Waals surface area contributed by atoms with E-state index in [9.17, 15) is 4.79 Å². The number of pyridine rings is 1. The van der Waals surface area contributed by atoms with Crippen LogP contribution < -0.4 is 16.8 Å². The second-order valence-corrected chi connectivity index (χ2v) is 4.07. The molecule has 2 heterocycles. The quantitative estimate of drug-likeness (QED) is 0.610. The number of nitrogens with zero attached hydrogens (tertiary/aromatic N) is 3. The van der Waals surface area contributed by atoms with E-state index in [0.717, 1.165) is 11.3 Å². The number of nitrogens with two attached hydrogens (primary N) is 1. The summed E-state index contributed by atoms with van der Waals surface area (Å²) in [6, 6.07) is 5.15. The Kier molecular flexibility index (Phi) is 3.38. The van der Waals surface area contributed by atoms with Gasteiger partial charge in [-0.3, -0.25) is 9.36 Å². The topological polar surface area (TPSA) is 85.8 Å². The van der Waals surface area contributed by atoms with E-state index in [4.69, 9.17) is 5.84 Å². The van der Waals surface area contributed by atoms with Crippen LogP contribution in [0.4, 0.5) is 5.82 Å². The Balaban J connectivity index is 2.31. The lowest BCUT2D eigenvalue weighted by molar-refractivity contribution is 0.692. The van der Waals surface area contributed by atoms with E-state index in [-0.39, 0.29) is 5.56 Å². The van der Waals surface area contributed by atoms with Crippen LogP contribution >= 0.6 is 0 Å². The first-order chi connectivity index (χ1) is 8.60. The molecule has 0 radical (unpaired) electrons. The Morgan fingerprint density at radius 3 is 2.72 bits per heavy atom. The maximum Gasteiger partial charge on any atom is 0.254 e. The lowest BCUT2D eigenvalue weighted by Crippen LogP contribution is -2.24. The van der Waals surface area contributed by atoms with E-state index in [0.29, 0.717) is 18.2 Å². The molecule has 6 heteroatoms. The van der Waals surface area contributed by atoms with Crippen molar-refractivity contribution in [2.24, 2.45) is 5.84 Å². The second kappa shape index (κ2) is 4.97. The molecule has 3 N–H and O–H groups in total. The van der Waals surface area contributed by atoms with Crippen LogP contribution in [-0.4, -0.2) is 14.5 Å². The smallest absolute Gasteiger partial charge is 0.254 e. The number of aryl methyl sites for hydroxylation is 2. The highest BCUT2D eigenvalue weighted by Gasteiger charge is 2.04. The summed E-state index contributed by atoms with van der Waals surface area (Å²) < 4.78 is 1.61. The van der Waals surface area contributed by atoms with Crippen LogP contribution in [0.2, 0.25) is 0 Å². The van der Waals surface area contributed by atoms with E-state index in [1.807, 2.05) is 19.9 Å². The van der Waals surface area contributed by atoms with E-state index in [2.05, 4.69) is 15.4 Å². The molecule has 18 heavy (non-hydrogen) atoms. The molecule has 0 unspecified atom stereocenters. The second-order valence-electron chi connectivity index (χ2n) is 4.07. The van der Waals surface area contributed by atoms with Crippen molar-refractivity contribution in [1.82, 2.24) is 14.5 Å². The van der Waals surface area contributed by atoms with Crippen LogP contribution in [0.25, 0.3) is 0 Å². The molecule has 94 valence electrons. The van der Waals surface area contributed by atoms with Gasteiger partial charge >= 0.3 is 0 Å². The van der Waals surface area contributed by atoms with Gasteiger partial charge in [0.1, 0.15) is 11.6 Å². The van der Waals surface area contributed by atoms with Crippen molar-refractivity contribution in [3.05, 3.63) is 51.8 Å². The molecule has 0 spiro atoms. The minimum Gasteiger partial charge on any atom is -0.308 e. The molecule has 6 nitrogen and oxygen atoms in total. The number of hydrogen-bond acceptors (Lipinski definition) is 5. The van der Waals surface area contributed by atoms with Crippen molar-refractivity contribution in [1.29, 1.82) is 0 Å². The first-order valence-electron chi connectivity index (χ1n) is 5.57. The molecule has 0 aromatic carbocycles. The predicted molar refractivity (Wildman–Crippen MR) is 69.1 cm³/mol. The fourth-order valence-electron chi connectivity index (χ4n) is 1.74. The minimum atomic E-state index is -0.0546. The number of nitrogens with one attached hydrogen (secondary N) is 1. The van der Waals surface area contributed by atoms with Gasteiger partial charge in [0, 0.05) is 18.0 Å². The summed E-state index contributed by atoms with van der Waals surface area (Å²) in [6.45, 7) is 4.08. The molecule has 0 aliphatic heterocycles. The molecule has 2 aromatic rings. The molecule has 2 aromatic heterocycles. The molecule has 0 aliphatic carbocycles. The van der Waals surface area contributed by atoms with Crippen LogP contribution in [0.15, 0.2) is 29.2 Å². The summed E-state index contributed by atoms with van der Waals surface area (Å²) in [5.41, 5.74) is 4.05. The van der Waals surface area contributed by atoms with Gasteiger partial charge in [-0.2, -0.15) is 0 Å². The minimum absolute atomic E-state index is 0.0546. The van der Waals surface area contributed by atoms with E-state index < -0.39 is 0 Å². The molecular weight excluding hydrogens is 230 g/mol. The van der Waals surface area contributed by atoms with E-state index >= 15 is 0 Å². The van der Waals surface area contributed by atoms with Crippen molar-refractivity contribution in [3.8, 4) is 0 Å². The van der Waals surface area contributed by atoms with Crippen LogP contribution in [0, 0.1) is 13.8 Å². The van der Waals surface area contributed by atoms with Gasteiger partial charge in [0.05, 0.1) is 6.54 Å². The van der Waals surface area contributed by atoms with Crippen molar-refractivity contribution in [2.75, 3.05) is 5.43 Å². The molecule has 0 amide bonds. The number of anilines is 1. The monoisotopic (exact) mass is 245 g/mol. The summed E-state index contributed by atoms with van der Waals surface area (Å²) >= 11 is 0. The van der Waals surface area contributed by atoms with Gasteiger partial charge in [0.2, 0.25) is 0 Å². The first-order valence-corrected chi connectivity index (χ1v) is 5.57. The number of nitrogen functional groups attached to an aromatic ring is 1. The van der Waals surface area contributed by atoms with Crippen molar-refractivity contribution < 1.29 is 0 Å². The molecule has 0 aliphatic rings. The fraction of sp³-hybridized carbons (Fsp3) is 0.250. The lowest BCUT2D eigenvalue weighted by Gasteiger charge is -2.09. The Morgan fingerprint density at radius 2 is 2.17 bits per heavy atom. The van der Waals surface area contributed by atoms with Crippen molar-refractivity contribution >= 4 is 5.82 Å². The van der Waals surface area contributed by atoms with E-state index in [1.54, 1.807) is 16.8 Å². The van der Waals surface area contributed by atoms with Gasteiger partial charge in [-0.15, -0.1) is 0 Å². The Labute approximate surface area is 104 Å². The zero-order valence-corrected chi connectivity index (χ0v) is 10.3. The SMILES string of the molecule is Cc1cc(=O)n(Cc2ccc(NN)nc2)c(C)n1. The zero-order valence-electron chi connectivity index (χ0n) is 10.3. The Bertz CT molecular complexity index is 603. The van der Waals surface area contributed by atoms with Gasteiger partial charge in [-0.1, -0.05) is 6.07 Å². The molecular formula is C12H15N5O. The average molecular weight is 245 g/mol. The first kappa shape index (κ1) is 12.3. The van der Waals surface area contributed by atoms with Gasteiger partial charge in [0.25, 0.3) is 5.56 Å². The summed E-state index contributed by atoms with van der Waals surface area (Å²) in [5.74, 6) is 6.52. The maximum absolute atomic E-state index is 11.9. The third kappa shape index (κ3) is 2.54. The molecule has 2 rings (SSSR count). The highest BCUT2D eigenvalue weighted by molar-refractivity contribution is 5.33. The maximum atomic E-state index is 11.9. The number of rotatable bonds is 3. The molecule has 0 fully saturated rings. The normalized spacial score (nSPS) is 10.4.